The molecule has 114 valence electrons. The number of rotatable bonds is 4. The number of aromatic nitrogens is 1. The average molecular weight is 293 g/mol. The summed E-state index contributed by atoms with van der Waals surface area (Å²) in [5.74, 6) is -0.453. The zero-order valence-electron chi connectivity index (χ0n) is 12.2. The molecule has 2 unspecified atom stereocenters. The van der Waals surface area contributed by atoms with Crippen molar-refractivity contribution in [3.8, 4) is 0 Å². The molecule has 0 amide bonds. The second-order valence-electron chi connectivity index (χ2n) is 5.57. The van der Waals surface area contributed by atoms with Crippen LogP contribution in [0, 0.1) is 16.0 Å². The van der Waals surface area contributed by atoms with Crippen molar-refractivity contribution in [2.24, 2.45) is 5.92 Å². The first-order chi connectivity index (χ1) is 9.91. The smallest absolute Gasteiger partial charge is 0.339 e. The second kappa shape index (κ2) is 6.07. The molecular weight excluding hydrogens is 274 g/mol. The molecular formula is C14H19N3O4. The van der Waals surface area contributed by atoms with Crippen LogP contribution in [-0.2, 0) is 0 Å². The first-order valence-electron chi connectivity index (χ1n) is 7.02. The first kappa shape index (κ1) is 15.2. The summed E-state index contributed by atoms with van der Waals surface area (Å²) in [6.07, 6.45) is 5.49. The molecule has 2 atom stereocenters. The van der Waals surface area contributed by atoms with Gasteiger partial charge in [0.1, 0.15) is 17.6 Å². The van der Waals surface area contributed by atoms with Gasteiger partial charge in [-0.3, -0.25) is 10.1 Å². The quantitative estimate of drug-likeness (QED) is 0.677. The highest BCUT2D eigenvalue weighted by Gasteiger charge is 2.29. The van der Waals surface area contributed by atoms with Gasteiger partial charge in [-0.2, -0.15) is 0 Å². The lowest BCUT2D eigenvalue weighted by Gasteiger charge is -2.37. The van der Waals surface area contributed by atoms with Gasteiger partial charge in [-0.15, -0.1) is 0 Å². The Kier molecular flexibility index (Phi) is 4.40. The van der Waals surface area contributed by atoms with Crippen molar-refractivity contribution in [1.29, 1.82) is 0 Å². The number of carboxylic acids is 1. The van der Waals surface area contributed by atoms with Gasteiger partial charge in [-0.1, -0.05) is 19.8 Å². The first-order valence-corrected chi connectivity index (χ1v) is 7.02. The predicted octanol–water partition coefficient (Wildman–Crippen LogP) is 2.70. The standard InChI is InChI=1S/C14H19N3O4/c1-9-5-3-4-6-12(9)16(2)13-11(14(18)19)7-10(8-15-13)17(20)21/h7-9,12H,3-6H2,1-2H3,(H,18,19). The average Bonchev–Trinajstić information content (AvgIpc) is 2.46. The Balaban J connectivity index is 2.37. The molecule has 1 aliphatic rings. The van der Waals surface area contributed by atoms with Gasteiger partial charge in [0, 0.05) is 19.2 Å². The van der Waals surface area contributed by atoms with Crippen LogP contribution in [0.5, 0.6) is 0 Å². The Hall–Kier alpha value is -2.18. The third-order valence-corrected chi connectivity index (χ3v) is 4.19. The number of hydrogen-bond acceptors (Lipinski definition) is 5. The van der Waals surface area contributed by atoms with E-state index in [4.69, 9.17) is 0 Å². The largest absolute Gasteiger partial charge is 0.478 e. The van der Waals surface area contributed by atoms with Gasteiger partial charge in [0.05, 0.1) is 4.92 Å². The van der Waals surface area contributed by atoms with Crippen LogP contribution < -0.4 is 4.90 Å². The van der Waals surface area contributed by atoms with E-state index in [0.717, 1.165) is 31.5 Å². The van der Waals surface area contributed by atoms with Crippen LogP contribution in [0.25, 0.3) is 0 Å². The lowest BCUT2D eigenvalue weighted by molar-refractivity contribution is -0.385. The van der Waals surface area contributed by atoms with Gasteiger partial charge in [-0.25, -0.2) is 9.78 Å². The van der Waals surface area contributed by atoms with Gasteiger partial charge in [0.2, 0.25) is 0 Å². The molecule has 7 nitrogen and oxygen atoms in total. The molecule has 0 radical (unpaired) electrons. The molecule has 21 heavy (non-hydrogen) atoms. The zero-order valence-corrected chi connectivity index (χ0v) is 12.2. The maximum Gasteiger partial charge on any atom is 0.339 e. The topological polar surface area (TPSA) is 96.6 Å². The molecule has 2 rings (SSSR count). The lowest BCUT2D eigenvalue weighted by Crippen LogP contribution is -2.40. The van der Waals surface area contributed by atoms with Crippen molar-refractivity contribution in [2.75, 3.05) is 11.9 Å². The molecule has 1 heterocycles. The van der Waals surface area contributed by atoms with Crippen LogP contribution in [0.1, 0.15) is 43.0 Å². The minimum Gasteiger partial charge on any atom is -0.478 e. The molecule has 1 N–H and O–H groups in total. The third-order valence-electron chi connectivity index (χ3n) is 4.19. The molecule has 1 aromatic heterocycles. The van der Waals surface area contributed by atoms with Crippen LogP contribution in [0.4, 0.5) is 11.5 Å². The second-order valence-corrected chi connectivity index (χ2v) is 5.57. The van der Waals surface area contributed by atoms with E-state index in [1.54, 1.807) is 0 Å². The fourth-order valence-electron chi connectivity index (χ4n) is 3.01. The van der Waals surface area contributed by atoms with Crippen LogP contribution in [0.15, 0.2) is 12.3 Å². The van der Waals surface area contributed by atoms with Gasteiger partial charge < -0.3 is 10.0 Å². The predicted molar refractivity (Wildman–Crippen MR) is 77.7 cm³/mol. The number of hydrogen-bond donors (Lipinski definition) is 1. The highest BCUT2D eigenvalue weighted by atomic mass is 16.6. The van der Waals surface area contributed by atoms with Gasteiger partial charge in [0.25, 0.3) is 5.69 Å². The molecule has 0 bridgehead atoms. The fraction of sp³-hybridized carbons (Fsp3) is 0.571. The van der Waals surface area contributed by atoms with Crippen molar-refractivity contribution >= 4 is 17.5 Å². The van der Waals surface area contributed by atoms with Crippen molar-refractivity contribution < 1.29 is 14.8 Å². The van der Waals surface area contributed by atoms with E-state index in [1.807, 2.05) is 11.9 Å². The monoisotopic (exact) mass is 293 g/mol. The van der Waals surface area contributed by atoms with Crippen LogP contribution in [0.3, 0.4) is 0 Å². The normalized spacial score (nSPS) is 21.8. The zero-order chi connectivity index (χ0) is 15.6. The van der Waals surface area contributed by atoms with E-state index in [-0.39, 0.29) is 17.3 Å². The summed E-state index contributed by atoms with van der Waals surface area (Å²) < 4.78 is 0. The third kappa shape index (κ3) is 3.12. The summed E-state index contributed by atoms with van der Waals surface area (Å²) in [6.45, 7) is 2.14. The molecule has 1 fully saturated rings. The number of anilines is 1. The van der Waals surface area contributed by atoms with Crippen LogP contribution >= 0.6 is 0 Å². The highest BCUT2D eigenvalue weighted by Crippen LogP contribution is 2.32. The van der Waals surface area contributed by atoms with Gasteiger partial charge in [0.15, 0.2) is 0 Å². The summed E-state index contributed by atoms with van der Waals surface area (Å²) in [7, 11) is 1.81. The molecule has 1 aliphatic carbocycles. The SMILES string of the molecule is CC1CCCCC1N(C)c1ncc([N+](=O)[O-])cc1C(=O)O. The van der Waals surface area contributed by atoms with Gasteiger partial charge >= 0.3 is 5.97 Å². The van der Waals surface area contributed by atoms with E-state index in [9.17, 15) is 20.0 Å². The molecule has 0 aromatic carbocycles. The lowest BCUT2D eigenvalue weighted by atomic mass is 9.85. The van der Waals surface area contributed by atoms with Crippen molar-refractivity contribution in [1.82, 2.24) is 4.98 Å². The maximum atomic E-state index is 11.4. The Morgan fingerprint density at radius 1 is 1.48 bits per heavy atom. The van der Waals surface area contributed by atoms with Crippen molar-refractivity contribution in [2.45, 2.75) is 38.6 Å². The van der Waals surface area contributed by atoms with E-state index >= 15 is 0 Å². The van der Waals surface area contributed by atoms with Crippen molar-refractivity contribution in [3.63, 3.8) is 0 Å². The Morgan fingerprint density at radius 3 is 2.71 bits per heavy atom. The highest BCUT2D eigenvalue weighted by molar-refractivity contribution is 5.94. The van der Waals surface area contributed by atoms with Crippen LogP contribution in [0.2, 0.25) is 0 Å². The van der Waals surface area contributed by atoms with E-state index < -0.39 is 10.9 Å². The minimum atomic E-state index is -1.20. The summed E-state index contributed by atoms with van der Waals surface area (Å²) in [5, 5.41) is 20.1. The Morgan fingerprint density at radius 2 is 2.14 bits per heavy atom. The van der Waals surface area contributed by atoms with Gasteiger partial charge in [-0.05, 0) is 18.8 Å². The molecule has 7 heteroatoms. The summed E-state index contributed by atoms with van der Waals surface area (Å²) >= 11 is 0. The minimum absolute atomic E-state index is 0.121. The Bertz CT molecular complexity index is 561. The van der Waals surface area contributed by atoms with E-state index in [2.05, 4.69) is 11.9 Å². The molecule has 0 saturated heterocycles. The summed E-state index contributed by atoms with van der Waals surface area (Å²) in [5.41, 5.74) is -0.425. The maximum absolute atomic E-state index is 11.4. The number of carbonyl (C=O) groups is 1. The summed E-state index contributed by atoms with van der Waals surface area (Å²) in [6, 6.07) is 1.29. The van der Waals surface area contributed by atoms with E-state index in [1.165, 1.54) is 6.42 Å². The number of nitrogens with zero attached hydrogens (tertiary/aromatic N) is 3. The number of aromatic carboxylic acids is 1. The van der Waals surface area contributed by atoms with E-state index in [0.29, 0.717) is 11.7 Å². The number of nitro groups is 1. The summed E-state index contributed by atoms with van der Waals surface area (Å²) in [4.78, 5) is 27.4. The molecule has 1 saturated carbocycles. The molecule has 0 spiro atoms. The molecule has 1 aromatic rings. The fourth-order valence-corrected chi connectivity index (χ4v) is 3.01. The Labute approximate surface area is 122 Å². The van der Waals surface area contributed by atoms with Crippen molar-refractivity contribution in [3.05, 3.63) is 27.9 Å². The number of carboxylic acid groups (broad SMARTS) is 1. The van der Waals surface area contributed by atoms with Crippen LogP contribution in [-0.4, -0.2) is 34.1 Å². The number of pyridine rings is 1. The molecule has 0 aliphatic heterocycles.